The Morgan fingerprint density at radius 1 is 0.545 bits per heavy atom. The van der Waals surface area contributed by atoms with E-state index in [4.69, 9.17) is 13.8 Å². The van der Waals surface area contributed by atoms with E-state index in [1.165, 1.54) is 51.4 Å². The van der Waals surface area contributed by atoms with E-state index in [1.807, 2.05) is 33.3 Å². The van der Waals surface area contributed by atoms with Crippen LogP contribution in [0.2, 0.25) is 0 Å². The van der Waals surface area contributed by atoms with E-state index >= 15 is 0 Å². The second kappa shape index (κ2) is 45.9. The molecule has 9 nitrogen and oxygen atoms in total. The Morgan fingerprint density at radius 3 is 1.45 bits per heavy atom. The normalized spacial score (nSPS) is 14.6. The first-order valence-electron chi connectivity index (χ1n) is 26.4. The molecule has 0 rings (SSSR count). The summed E-state index contributed by atoms with van der Waals surface area (Å²) in [7, 11) is 1.45. The number of likely N-dealkylation sites (N-methyl/N-ethyl adjacent to an activating group) is 1. The third-order valence-corrected chi connectivity index (χ3v) is 12.1. The molecule has 0 bridgehead atoms. The van der Waals surface area contributed by atoms with E-state index in [0.717, 1.165) is 109 Å². The minimum absolute atomic E-state index is 0.0279. The first-order chi connectivity index (χ1) is 31.9. The Bertz CT molecular complexity index is 1410. The monoisotopic (exact) mass is 944 g/mol. The number of hydrogen-bond acceptors (Lipinski definition) is 6. The first kappa shape index (κ1) is 63.2. The van der Waals surface area contributed by atoms with Crippen LogP contribution in [-0.4, -0.2) is 74.3 Å². The first-order valence-corrected chi connectivity index (χ1v) is 27.9. The van der Waals surface area contributed by atoms with Gasteiger partial charge in [0.15, 0.2) is 0 Å². The number of rotatable bonds is 46. The molecule has 0 heterocycles. The molecule has 0 aliphatic carbocycles. The van der Waals surface area contributed by atoms with Gasteiger partial charge in [0, 0.05) is 12.8 Å². The lowest BCUT2D eigenvalue weighted by Crippen LogP contribution is -2.47. The van der Waals surface area contributed by atoms with E-state index in [-0.39, 0.29) is 31.5 Å². The van der Waals surface area contributed by atoms with Crippen LogP contribution in [0.25, 0.3) is 0 Å². The number of carbonyl (C=O) groups excluding carboxylic acids is 2. The second-order valence-corrected chi connectivity index (χ2v) is 20.1. The van der Waals surface area contributed by atoms with Crippen LogP contribution in [0.15, 0.2) is 85.1 Å². The average Bonchev–Trinajstić information content (AvgIpc) is 3.27. The van der Waals surface area contributed by atoms with Crippen molar-refractivity contribution in [2.75, 3.05) is 40.9 Å². The van der Waals surface area contributed by atoms with E-state index < -0.39 is 20.0 Å². The van der Waals surface area contributed by atoms with Crippen molar-refractivity contribution in [3.8, 4) is 0 Å². The predicted octanol–water partition coefficient (Wildman–Crippen LogP) is 15.5. The van der Waals surface area contributed by atoms with Crippen molar-refractivity contribution in [3.63, 3.8) is 0 Å². The van der Waals surface area contributed by atoms with Crippen LogP contribution in [0.1, 0.15) is 207 Å². The van der Waals surface area contributed by atoms with Gasteiger partial charge in [-0.3, -0.25) is 18.6 Å². The van der Waals surface area contributed by atoms with Crippen molar-refractivity contribution in [2.45, 2.75) is 219 Å². The van der Waals surface area contributed by atoms with Crippen LogP contribution in [-0.2, 0) is 27.9 Å². The molecule has 0 aromatic carbocycles. The lowest BCUT2D eigenvalue weighted by Gasteiger charge is -2.27. The highest BCUT2D eigenvalue weighted by Crippen LogP contribution is 2.43. The molecule has 0 aliphatic heterocycles. The van der Waals surface area contributed by atoms with Crippen LogP contribution in [0.5, 0.6) is 0 Å². The van der Waals surface area contributed by atoms with E-state index in [9.17, 15) is 19.0 Å². The minimum Gasteiger partial charge on any atom is -0.456 e. The van der Waals surface area contributed by atoms with E-state index in [0.29, 0.717) is 30.3 Å². The van der Waals surface area contributed by atoms with Gasteiger partial charge in [0.2, 0.25) is 5.91 Å². The van der Waals surface area contributed by atoms with Gasteiger partial charge < -0.3 is 19.4 Å². The van der Waals surface area contributed by atoms with Gasteiger partial charge in [0.25, 0.3) is 0 Å². The van der Waals surface area contributed by atoms with Crippen LogP contribution in [0.4, 0.5) is 0 Å². The Kier molecular flexibility index (Phi) is 44.0. The average molecular weight is 944 g/mol. The van der Waals surface area contributed by atoms with Crippen molar-refractivity contribution in [1.29, 1.82) is 0 Å². The summed E-state index contributed by atoms with van der Waals surface area (Å²) in [6.07, 6.45) is 58.6. The third kappa shape index (κ3) is 46.3. The largest absolute Gasteiger partial charge is 0.472 e. The number of ether oxygens (including phenoxy) is 1. The van der Waals surface area contributed by atoms with Gasteiger partial charge >= 0.3 is 13.8 Å². The molecular weight excluding hydrogens is 844 g/mol. The molecule has 0 aliphatic rings. The fourth-order valence-corrected chi connectivity index (χ4v) is 7.76. The molecule has 0 aromatic heterocycles. The maximum absolute atomic E-state index is 13.4. The minimum atomic E-state index is -4.45. The van der Waals surface area contributed by atoms with Crippen molar-refractivity contribution < 1.29 is 37.3 Å². The van der Waals surface area contributed by atoms with Crippen molar-refractivity contribution in [3.05, 3.63) is 85.1 Å². The maximum Gasteiger partial charge on any atom is 0.472 e. The Morgan fingerprint density at radius 2 is 0.970 bits per heavy atom. The number of unbranched alkanes of at least 4 members (excludes halogenated alkanes) is 18. The number of phosphoric ester groups is 1. The molecule has 380 valence electrons. The zero-order valence-electron chi connectivity index (χ0n) is 43.2. The number of nitrogens with zero attached hydrogens (tertiary/aromatic N) is 1. The van der Waals surface area contributed by atoms with Gasteiger partial charge in [-0.1, -0.05) is 183 Å². The molecule has 0 radical (unpaired) electrons. The van der Waals surface area contributed by atoms with Crippen LogP contribution in [0.3, 0.4) is 0 Å². The summed E-state index contributed by atoms with van der Waals surface area (Å²) in [5, 5.41) is 3.02. The Balaban J connectivity index is 5.51. The molecule has 3 atom stereocenters. The second-order valence-electron chi connectivity index (χ2n) is 18.6. The molecule has 0 saturated heterocycles. The summed E-state index contributed by atoms with van der Waals surface area (Å²) in [5.74, 6) is -0.565. The number of hydrogen-bond donors (Lipinski definition) is 2. The highest BCUT2D eigenvalue weighted by Gasteiger charge is 2.30. The molecule has 66 heavy (non-hydrogen) atoms. The molecular formula is C56H100N2O7P+. The number of esters is 1. The number of allylic oxidation sites excluding steroid dienone is 13. The predicted molar refractivity (Wildman–Crippen MR) is 281 cm³/mol. The number of amides is 1. The number of quaternary nitrogens is 1. The van der Waals surface area contributed by atoms with Crippen molar-refractivity contribution >= 4 is 19.7 Å². The van der Waals surface area contributed by atoms with E-state index in [2.05, 4.69) is 99.0 Å². The fraction of sp³-hybridized carbons (Fsp3) is 0.714. The number of carbonyl (C=O) groups is 2. The van der Waals surface area contributed by atoms with Crippen LogP contribution < -0.4 is 5.32 Å². The quantitative estimate of drug-likeness (QED) is 0.0206. The standard InChI is InChI=1S/C56H99N2O7P/c1-7-10-13-16-19-22-25-28-30-33-36-39-42-45-48-55(59)57-53(52-64-66(61,62)63-51-50-58(4,5)6)54(47-44-41-38-35-32-27-24-21-18-15-12-9-3)65-56(60)49-46-43-40-37-34-31-29-26-23-20-17-14-11-8-2/h10-11,13-14,19-20,22-23,28-31,44,47,53-54H,7-9,12,15-18,21,24-27,32-43,45-46,48-52H2,1-6H3,(H-,57,59,61,62)/p+1/b13-10+,14-11+,22-19+,23-20+,30-28+,31-29+,47-44+. The van der Waals surface area contributed by atoms with Gasteiger partial charge in [-0.2, -0.15) is 0 Å². The van der Waals surface area contributed by atoms with Crippen molar-refractivity contribution in [2.24, 2.45) is 0 Å². The highest BCUT2D eigenvalue weighted by molar-refractivity contribution is 7.47. The summed E-state index contributed by atoms with van der Waals surface area (Å²) in [4.78, 5) is 37.4. The molecule has 2 N–H and O–H groups in total. The van der Waals surface area contributed by atoms with E-state index in [1.54, 1.807) is 0 Å². The fourth-order valence-electron chi connectivity index (χ4n) is 7.03. The summed E-state index contributed by atoms with van der Waals surface area (Å²) in [6, 6.07) is -0.871. The maximum atomic E-state index is 13.4. The lowest BCUT2D eigenvalue weighted by atomic mass is 10.0. The summed E-state index contributed by atoms with van der Waals surface area (Å²) < 4.78 is 30.5. The van der Waals surface area contributed by atoms with Gasteiger partial charge in [0.05, 0.1) is 33.8 Å². The van der Waals surface area contributed by atoms with Crippen LogP contribution >= 0.6 is 7.82 Å². The summed E-state index contributed by atoms with van der Waals surface area (Å²) in [5.41, 5.74) is 0. The lowest BCUT2D eigenvalue weighted by molar-refractivity contribution is -0.870. The van der Waals surface area contributed by atoms with Crippen molar-refractivity contribution in [1.82, 2.24) is 5.32 Å². The SMILES string of the molecule is CC/C=C/C/C=C/C/C=C/CCCCCCC(=O)NC(COP(=O)(O)OCC[N+](C)(C)C)C(/C=C/CCCCCCCCCCCC)OC(=O)CCCCCC/C=C/C/C=C/C/C=C/CC. The van der Waals surface area contributed by atoms with Gasteiger partial charge in [-0.25, -0.2) is 4.57 Å². The topological polar surface area (TPSA) is 111 Å². The summed E-state index contributed by atoms with van der Waals surface area (Å²) >= 11 is 0. The van der Waals surface area contributed by atoms with Gasteiger partial charge in [0.1, 0.15) is 19.3 Å². The molecule has 0 spiro atoms. The van der Waals surface area contributed by atoms with Gasteiger partial charge in [-0.15, -0.1) is 0 Å². The molecule has 3 unspecified atom stereocenters. The zero-order valence-corrected chi connectivity index (χ0v) is 44.1. The number of phosphoric acid groups is 1. The molecule has 0 aromatic rings. The highest BCUT2D eigenvalue weighted by atomic mass is 31.2. The molecule has 0 fully saturated rings. The third-order valence-electron chi connectivity index (χ3n) is 11.1. The van der Waals surface area contributed by atoms with Crippen LogP contribution in [0, 0.1) is 0 Å². The molecule has 10 heteroatoms. The Labute approximate surface area is 406 Å². The Hall–Kier alpha value is -2.81. The zero-order chi connectivity index (χ0) is 48.7. The number of nitrogens with one attached hydrogen (secondary N) is 1. The van der Waals surface area contributed by atoms with Gasteiger partial charge in [-0.05, 0) is 96.0 Å². The summed E-state index contributed by atoms with van der Waals surface area (Å²) in [6.45, 7) is 6.72. The molecule has 1 amide bonds. The molecule has 0 saturated carbocycles. The smallest absolute Gasteiger partial charge is 0.456 e.